The number of hydrogen-bond donors (Lipinski definition) is 1. The van der Waals surface area contributed by atoms with Crippen LogP contribution in [0.4, 0.5) is 5.69 Å². The quantitative estimate of drug-likeness (QED) is 0.744. The third kappa shape index (κ3) is 4.17. The second-order valence-electron chi connectivity index (χ2n) is 5.20. The lowest BCUT2D eigenvalue weighted by molar-refractivity contribution is -0.116. The molecule has 1 aliphatic rings. The minimum Gasteiger partial charge on any atom is -0.368 e. The van der Waals surface area contributed by atoms with Crippen LogP contribution < -0.4 is 10.0 Å². The van der Waals surface area contributed by atoms with Gasteiger partial charge in [0.25, 0.3) is 0 Å². The summed E-state index contributed by atoms with van der Waals surface area (Å²) in [5, 5.41) is 5.30. The van der Waals surface area contributed by atoms with E-state index < -0.39 is 10.0 Å². The van der Waals surface area contributed by atoms with Gasteiger partial charge in [0.05, 0.1) is 5.69 Å². The molecule has 1 aromatic rings. The molecular weight excluding hydrogens is 306 g/mol. The van der Waals surface area contributed by atoms with Crippen molar-refractivity contribution in [2.24, 2.45) is 5.14 Å². The number of rotatable bonds is 6. The number of sulfonamides is 1. The van der Waals surface area contributed by atoms with Crippen molar-refractivity contribution in [1.29, 1.82) is 0 Å². The summed E-state index contributed by atoms with van der Waals surface area (Å²) in [6.45, 7) is 3.77. The Morgan fingerprint density at radius 2 is 1.73 bits per heavy atom. The average molecular weight is 329 g/mol. The van der Waals surface area contributed by atoms with E-state index in [2.05, 4.69) is 4.90 Å². The van der Waals surface area contributed by atoms with Crippen molar-refractivity contribution >= 4 is 15.7 Å². The molecule has 0 aromatic heterocycles. The van der Waals surface area contributed by atoms with Gasteiger partial charge in [-0.2, -0.15) is 0 Å². The number of primary sulfonamides is 1. The first kappa shape index (κ1) is 17.2. The molecule has 0 bridgehead atoms. The average Bonchev–Trinajstić information content (AvgIpc) is 2.52. The van der Waals surface area contributed by atoms with Crippen LogP contribution in [0, 0.1) is 0 Å². The fourth-order valence-electron chi connectivity index (χ4n) is 2.59. The molecule has 1 heterocycles. The first-order valence-corrected chi connectivity index (χ1v) is 8.65. The molecule has 8 heteroatoms. The summed E-state index contributed by atoms with van der Waals surface area (Å²) in [4.78, 5) is 4.45. The number of nitrogens with zero attached hydrogens (tertiary/aromatic N) is 2. The largest absolute Gasteiger partial charge is 0.368 e. The van der Waals surface area contributed by atoms with Crippen LogP contribution in [0.1, 0.15) is 0 Å². The Labute approximate surface area is 131 Å². The van der Waals surface area contributed by atoms with Gasteiger partial charge in [-0.15, -0.1) is 0 Å². The van der Waals surface area contributed by atoms with Crippen LogP contribution in [0.5, 0.6) is 0 Å². The maximum absolute atomic E-state index is 11.7. The Kier molecular flexibility index (Phi) is 5.76. The molecule has 0 atom stereocenters. The molecular formula is C14H23N3O4S. The maximum Gasteiger partial charge on any atom is 0.240 e. The van der Waals surface area contributed by atoms with Crippen LogP contribution >= 0.6 is 0 Å². The number of para-hydroxylation sites is 1. The number of methoxy groups -OCH3 is 2. The minimum absolute atomic E-state index is 0.176. The van der Waals surface area contributed by atoms with Crippen LogP contribution in [0.3, 0.4) is 0 Å². The molecule has 2 N–H and O–H groups in total. The van der Waals surface area contributed by atoms with E-state index in [4.69, 9.17) is 14.6 Å². The van der Waals surface area contributed by atoms with Crippen molar-refractivity contribution in [3.63, 3.8) is 0 Å². The van der Waals surface area contributed by atoms with Crippen molar-refractivity contribution in [1.82, 2.24) is 4.90 Å². The lowest BCUT2D eigenvalue weighted by Gasteiger charge is -2.37. The number of ether oxygens (including phenoxy) is 2. The van der Waals surface area contributed by atoms with E-state index in [0.29, 0.717) is 12.2 Å². The Morgan fingerprint density at radius 3 is 2.27 bits per heavy atom. The second-order valence-corrected chi connectivity index (χ2v) is 6.73. The first-order valence-electron chi connectivity index (χ1n) is 7.10. The van der Waals surface area contributed by atoms with Gasteiger partial charge in [-0.25, -0.2) is 13.6 Å². The number of anilines is 1. The van der Waals surface area contributed by atoms with Gasteiger partial charge in [0.15, 0.2) is 6.29 Å². The molecule has 1 aromatic carbocycles. The third-order valence-electron chi connectivity index (χ3n) is 3.82. The zero-order chi connectivity index (χ0) is 16.2. The molecule has 1 aliphatic heterocycles. The van der Waals surface area contributed by atoms with Crippen molar-refractivity contribution in [3.8, 4) is 0 Å². The molecule has 2 rings (SSSR count). The predicted octanol–water partition coefficient (Wildman–Crippen LogP) is 0.0749. The van der Waals surface area contributed by atoms with Gasteiger partial charge >= 0.3 is 0 Å². The number of piperazine rings is 1. The molecule has 1 fully saturated rings. The first-order chi connectivity index (χ1) is 10.5. The summed E-state index contributed by atoms with van der Waals surface area (Å²) in [7, 11) is -0.483. The van der Waals surface area contributed by atoms with Crippen LogP contribution in [-0.2, 0) is 19.5 Å². The summed E-state index contributed by atoms with van der Waals surface area (Å²) in [6.07, 6.45) is -0.247. The van der Waals surface area contributed by atoms with Gasteiger partial charge in [0.1, 0.15) is 4.90 Å². The molecule has 124 valence electrons. The van der Waals surface area contributed by atoms with Gasteiger partial charge in [0.2, 0.25) is 10.0 Å². The zero-order valence-electron chi connectivity index (χ0n) is 12.9. The molecule has 0 radical (unpaired) electrons. The highest BCUT2D eigenvalue weighted by Gasteiger charge is 2.23. The number of benzene rings is 1. The van der Waals surface area contributed by atoms with Gasteiger partial charge in [-0.05, 0) is 12.1 Å². The van der Waals surface area contributed by atoms with E-state index in [-0.39, 0.29) is 11.2 Å². The highest BCUT2D eigenvalue weighted by molar-refractivity contribution is 7.89. The van der Waals surface area contributed by atoms with Crippen molar-refractivity contribution in [2.45, 2.75) is 11.2 Å². The molecule has 1 saturated heterocycles. The van der Waals surface area contributed by atoms with Gasteiger partial charge in [0, 0.05) is 46.9 Å². The van der Waals surface area contributed by atoms with Crippen LogP contribution in [0.25, 0.3) is 0 Å². The second kappa shape index (κ2) is 7.38. The minimum atomic E-state index is -3.72. The monoisotopic (exact) mass is 329 g/mol. The zero-order valence-corrected chi connectivity index (χ0v) is 13.8. The van der Waals surface area contributed by atoms with Crippen molar-refractivity contribution in [3.05, 3.63) is 24.3 Å². The molecule has 0 saturated carbocycles. The van der Waals surface area contributed by atoms with Crippen molar-refractivity contribution < 1.29 is 17.9 Å². The van der Waals surface area contributed by atoms with E-state index in [1.54, 1.807) is 32.4 Å². The molecule has 7 nitrogen and oxygen atoms in total. The van der Waals surface area contributed by atoms with Gasteiger partial charge in [-0.1, -0.05) is 12.1 Å². The lowest BCUT2D eigenvalue weighted by Crippen LogP contribution is -2.49. The molecule has 22 heavy (non-hydrogen) atoms. The maximum atomic E-state index is 11.7. The van der Waals surface area contributed by atoms with E-state index in [1.165, 1.54) is 0 Å². The summed E-state index contributed by atoms with van der Waals surface area (Å²) in [5.74, 6) is 0. The lowest BCUT2D eigenvalue weighted by atomic mass is 10.2. The normalized spacial score (nSPS) is 17.2. The van der Waals surface area contributed by atoms with Crippen LogP contribution in [0.15, 0.2) is 29.2 Å². The summed E-state index contributed by atoms with van der Waals surface area (Å²) >= 11 is 0. The standard InChI is InChI=1S/C14H23N3O4S/c1-20-14(21-2)11-16-7-9-17(10-8-16)12-5-3-4-6-13(12)22(15,18)19/h3-6,14H,7-11H2,1-2H3,(H2,15,18,19). The van der Waals surface area contributed by atoms with E-state index in [9.17, 15) is 8.42 Å². The SMILES string of the molecule is COC(CN1CCN(c2ccccc2S(N)(=O)=O)CC1)OC. The Hall–Kier alpha value is -1.19. The fourth-order valence-corrected chi connectivity index (χ4v) is 3.34. The summed E-state index contributed by atoms with van der Waals surface area (Å²) < 4.78 is 33.8. The van der Waals surface area contributed by atoms with Gasteiger partial charge in [-0.3, -0.25) is 4.90 Å². The number of hydrogen-bond acceptors (Lipinski definition) is 6. The third-order valence-corrected chi connectivity index (χ3v) is 4.78. The molecule has 0 amide bonds. The Bertz CT molecular complexity index is 582. The molecule has 0 spiro atoms. The Balaban J connectivity index is 2.04. The van der Waals surface area contributed by atoms with E-state index in [0.717, 1.165) is 26.2 Å². The van der Waals surface area contributed by atoms with E-state index in [1.807, 2.05) is 11.0 Å². The summed E-state index contributed by atoms with van der Waals surface area (Å²) in [6, 6.07) is 6.84. The topological polar surface area (TPSA) is 85.1 Å². The van der Waals surface area contributed by atoms with Gasteiger partial charge < -0.3 is 14.4 Å². The van der Waals surface area contributed by atoms with Crippen molar-refractivity contribution in [2.75, 3.05) is 51.8 Å². The smallest absolute Gasteiger partial charge is 0.240 e. The highest BCUT2D eigenvalue weighted by atomic mass is 32.2. The molecule has 0 aliphatic carbocycles. The summed E-state index contributed by atoms with van der Waals surface area (Å²) in [5.41, 5.74) is 0.666. The highest BCUT2D eigenvalue weighted by Crippen LogP contribution is 2.25. The fraction of sp³-hybridized carbons (Fsp3) is 0.571. The van der Waals surface area contributed by atoms with E-state index >= 15 is 0 Å². The molecule has 0 unspecified atom stereocenters. The van der Waals surface area contributed by atoms with Crippen LogP contribution in [0.2, 0.25) is 0 Å². The van der Waals surface area contributed by atoms with Crippen LogP contribution in [-0.4, -0.2) is 66.6 Å². The number of nitrogens with two attached hydrogens (primary N) is 1. The predicted molar refractivity (Wildman–Crippen MR) is 84.3 cm³/mol. The Morgan fingerprint density at radius 1 is 1.14 bits per heavy atom.